The Kier molecular flexibility index (Phi) is 11.4. The van der Waals surface area contributed by atoms with E-state index in [1.165, 1.54) is 6.92 Å². The van der Waals surface area contributed by atoms with E-state index < -0.39 is 12.1 Å². The summed E-state index contributed by atoms with van der Waals surface area (Å²) in [5.74, 6) is 0.274. The largest absolute Gasteiger partial charge is 0.501 e. The second-order valence-electron chi connectivity index (χ2n) is 8.16. The van der Waals surface area contributed by atoms with Crippen molar-refractivity contribution in [3.8, 4) is 0 Å². The van der Waals surface area contributed by atoms with E-state index in [1.54, 1.807) is 23.8 Å². The molecule has 1 aromatic rings. The zero-order chi connectivity index (χ0) is 25.1. The Morgan fingerprint density at radius 3 is 2.62 bits per heavy atom. The summed E-state index contributed by atoms with van der Waals surface area (Å²) in [6.07, 6.45) is 9.27. The van der Waals surface area contributed by atoms with Crippen LogP contribution < -0.4 is 4.90 Å². The summed E-state index contributed by atoms with van der Waals surface area (Å²) < 4.78 is 11.0. The van der Waals surface area contributed by atoms with E-state index in [9.17, 15) is 9.59 Å². The fourth-order valence-electron chi connectivity index (χ4n) is 3.84. The standard InChI is InChI=1S/C25H32N2O4S.C2H6/c1-18(28)31-22-17-24(19-9-7-10-20(30-4)14-13-19)32-23-12-6-5-11-21(23)27(25(22)29)16-8-15-26(2)3;1-2/h5-7,9,11-14,22,24H,8,10,15-17H2,1-4H3;1-2H3/t22-,24-;/m1./s1. The maximum absolute atomic E-state index is 13.6. The highest BCUT2D eigenvalue weighted by Gasteiger charge is 2.35. The number of hydrogen-bond donors (Lipinski definition) is 0. The molecule has 1 heterocycles. The van der Waals surface area contributed by atoms with Gasteiger partial charge in [-0.25, -0.2) is 0 Å². The van der Waals surface area contributed by atoms with Crippen LogP contribution in [0.3, 0.4) is 0 Å². The Hall–Kier alpha value is -2.51. The molecule has 2 aliphatic rings. The first-order valence-electron chi connectivity index (χ1n) is 11.9. The van der Waals surface area contributed by atoms with Gasteiger partial charge in [-0.15, -0.1) is 11.8 Å². The lowest BCUT2D eigenvalue weighted by Crippen LogP contribution is -2.45. The molecule has 0 N–H and O–H groups in total. The van der Waals surface area contributed by atoms with Gasteiger partial charge in [-0.05, 0) is 50.8 Å². The van der Waals surface area contributed by atoms with Crippen LogP contribution in [-0.4, -0.2) is 62.4 Å². The SMILES string of the molecule is CC.COC1=CC=C([C@H]2C[C@@H](OC(C)=O)C(=O)N(CCCN(C)C)c3ccccc3S2)C=CC1. The van der Waals surface area contributed by atoms with Crippen LogP contribution in [0.4, 0.5) is 5.69 Å². The van der Waals surface area contributed by atoms with Gasteiger partial charge in [0, 0.05) is 36.5 Å². The van der Waals surface area contributed by atoms with Gasteiger partial charge >= 0.3 is 5.97 Å². The lowest BCUT2D eigenvalue weighted by atomic mass is 10.0. The molecule has 7 heteroatoms. The number of carbonyl (C=O) groups excluding carboxylic acids is 2. The molecule has 34 heavy (non-hydrogen) atoms. The molecule has 1 aliphatic heterocycles. The Morgan fingerprint density at radius 2 is 1.94 bits per heavy atom. The minimum atomic E-state index is -0.832. The van der Waals surface area contributed by atoms with Crippen molar-refractivity contribution in [2.75, 3.05) is 39.2 Å². The fourth-order valence-corrected chi connectivity index (χ4v) is 5.16. The summed E-state index contributed by atoms with van der Waals surface area (Å²) in [6.45, 7) is 6.79. The van der Waals surface area contributed by atoms with E-state index in [4.69, 9.17) is 9.47 Å². The fraction of sp³-hybridized carbons (Fsp3) is 0.481. The van der Waals surface area contributed by atoms with Crippen LogP contribution >= 0.6 is 11.8 Å². The van der Waals surface area contributed by atoms with E-state index in [-0.39, 0.29) is 11.2 Å². The average molecular weight is 487 g/mol. The molecule has 0 fully saturated rings. The number of amides is 1. The lowest BCUT2D eigenvalue weighted by Gasteiger charge is -2.34. The molecule has 0 bridgehead atoms. The normalized spacial score (nSPS) is 20.1. The molecule has 0 saturated carbocycles. The topological polar surface area (TPSA) is 59.1 Å². The zero-order valence-electron chi connectivity index (χ0n) is 21.2. The third-order valence-corrected chi connectivity index (χ3v) is 6.76. The van der Waals surface area contributed by atoms with Crippen molar-refractivity contribution in [3.05, 3.63) is 59.9 Å². The number of allylic oxidation sites excluding steroid dienone is 4. The van der Waals surface area contributed by atoms with Gasteiger partial charge in [-0.2, -0.15) is 0 Å². The number of para-hydroxylation sites is 1. The third-order valence-electron chi connectivity index (χ3n) is 5.42. The monoisotopic (exact) mass is 486 g/mol. The molecule has 0 unspecified atom stereocenters. The number of rotatable bonds is 7. The lowest BCUT2D eigenvalue weighted by molar-refractivity contribution is -0.153. The Balaban J connectivity index is 0.00000199. The molecule has 2 atom stereocenters. The third kappa shape index (κ3) is 7.77. The Labute approximate surface area is 208 Å². The molecule has 0 saturated heterocycles. The van der Waals surface area contributed by atoms with Crippen LogP contribution in [0.25, 0.3) is 0 Å². The Bertz CT molecular complexity index is 923. The van der Waals surface area contributed by atoms with Gasteiger partial charge in [0.15, 0.2) is 6.10 Å². The molecule has 0 spiro atoms. The van der Waals surface area contributed by atoms with Gasteiger partial charge in [-0.3, -0.25) is 9.59 Å². The number of thioether (sulfide) groups is 1. The number of anilines is 1. The molecule has 1 aliphatic carbocycles. The second-order valence-corrected chi connectivity index (χ2v) is 9.41. The number of ether oxygens (including phenoxy) is 2. The predicted molar refractivity (Wildman–Crippen MR) is 140 cm³/mol. The van der Waals surface area contributed by atoms with Gasteiger partial charge in [0.1, 0.15) is 0 Å². The molecule has 1 aromatic carbocycles. The van der Waals surface area contributed by atoms with Crippen molar-refractivity contribution in [3.63, 3.8) is 0 Å². The molecule has 1 amide bonds. The van der Waals surface area contributed by atoms with Crippen molar-refractivity contribution >= 4 is 29.3 Å². The van der Waals surface area contributed by atoms with E-state index >= 15 is 0 Å². The van der Waals surface area contributed by atoms with Crippen LogP contribution in [0.5, 0.6) is 0 Å². The number of carbonyl (C=O) groups is 2. The number of nitrogens with zero attached hydrogens (tertiary/aromatic N) is 2. The van der Waals surface area contributed by atoms with E-state index in [0.29, 0.717) is 13.0 Å². The Morgan fingerprint density at radius 1 is 1.21 bits per heavy atom. The highest BCUT2D eigenvalue weighted by Crippen LogP contribution is 2.41. The van der Waals surface area contributed by atoms with Crippen LogP contribution in [0.1, 0.15) is 40.0 Å². The summed E-state index contributed by atoms with van der Waals surface area (Å²) >= 11 is 1.71. The van der Waals surface area contributed by atoms with Crippen molar-refractivity contribution in [1.82, 2.24) is 4.90 Å². The van der Waals surface area contributed by atoms with Gasteiger partial charge in [0.25, 0.3) is 5.91 Å². The minimum absolute atomic E-state index is 0.0444. The van der Waals surface area contributed by atoms with Crippen molar-refractivity contribution < 1.29 is 19.1 Å². The molecular formula is C27H38N2O4S. The average Bonchev–Trinajstić information content (AvgIpc) is 3.07. The van der Waals surface area contributed by atoms with Crippen molar-refractivity contribution in [1.29, 1.82) is 0 Å². The van der Waals surface area contributed by atoms with Crippen molar-refractivity contribution in [2.24, 2.45) is 0 Å². The maximum atomic E-state index is 13.6. The molecule has 186 valence electrons. The van der Waals surface area contributed by atoms with E-state index in [0.717, 1.165) is 41.3 Å². The van der Waals surface area contributed by atoms with Crippen molar-refractivity contribution in [2.45, 2.75) is 56.3 Å². The van der Waals surface area contributed by atoms with E-state index in [2.05, 4.69) is 23.1 Å². The molecule has 0 aromatic heterocycles. The highest BCUT2D eigenvalue weighted by atomic mass is 32.2. The smallest absolute Gasteiger partial charge is 0.303 e. The first-order valence-corrected chi connectivity index (χ1v) is 12.8. The van der Waals surface area contributed by atoms with Crippen LogP contribution in [0, 0.1) is 0 Å². The first kappa shape index (κ1) is 27.7. The van der Waals surface area contributed by atoms with Crippen LogP contribution in [0.2, 0.25) is 0 Å². The van der Waals surface area contributed by atoms with Gasteiger partial charge < -0.3 is 19.3 Å². The van der Waals surface area contributed by atoms with Crippen LogP contribution in [-0.2, 0) is 19.1 Å². The summed E-state index contributed by atoms with van der Waals surface area (Å²) in [5, 5.41) is -0.0444. The summed E-state index contributed by atoms with van der Waals surface area (Å²) in [6, 6.07) is 7.98. The minimum Gasteiger partial charge on any atom is -0.501 e. The van der Waals surface area contributed by atoms with Gasteiger partial charge in [-0.1, -0.05) is 44.2 Å². The zero-order valence-corrected chi connectivity index (χ0v) is 22.1. The number of esters is 1. The summed E-state index contributed by atoms with van der Waals surface area (Å²) in [5.41, 5.74) is 1.94. The maximum Gasteiger partial charge on any atom is 0.303 e. The predicted octanol–water partition coefficient (Wildman–Crippen LogP) is 5.21. The molecule has 6 nitrogen and oxygen atoms in total. The number of methoxy groups -OCH3 is 1. The molecular weight excluding hydrogens is 448 g/mol. The number of hydrogen-bond acceptors (Lipinski definition) is 6. The quantitative estimate of drug-likeness (QED) is 0.493. The highest BCUT2D eigenvalue weighted by molar-refractivity contribution is 8.00. The number of benzene rings is 1. The van der Waals surface area contributed by atoms with Gasteiger partial charge in [0.2, 0.25) is 0 Å². The molecule has 0 radical (unpaired) electrons. The second kappa shape index (κ2) is 14.0. The first-order chi connectivity index (χ1) is 16.4. The molecule has 3 rings (SSSR count). The summed E-state index contributed by atoms with van der Waals surface area (Å²) in [4.78, 5) is 30.4. The number of fused-ring (bicyclic) bond motifs is 1. The van der Waals surface area contributed by atoms with Gasteiger partial charge in [0.05, 0.1) is 18.6 Å². The summed E-state index contributed by atoms with van der Waals surface area (Å²) in [7, 11) is 5.70. The van der Waals surface area contributed by atoms with E-state index in [1.807, 2.05) is 58.3 Å². The van der Waals surface area contributed by atoms with Crippen LogP contribution in [0.15, 0.2) is 64.8 Å².